The molecule has 0 radical (unpaired) electrons. The van der Waals surface area contributed by atoms with Crippen molar-refractivity contribution >= 4 is 11.9 Å². The number of hydrogen-bond acceptors (Lipinski definition) is 3. The Labute approximate surface area is 77.8 Å². The molecule has 0 aliphatic carbocycles. The molecule has 1 aliphatic heterocycles. The normalized spacial score (nSPS) is 21.7. The van der Waals surface area contributed by atoms with Gasteiger partial charge in [0.2, 0.25) is 5.91 Å². The molecule has 0 aromatic rings. The molecule has 1 unspecified atom stereocenters. The zero-order chi connectivity index (χ0) is 9.84. The van der Waals surface area contributed by atoms with E-state index in [1.165, 1.54) is 6.92 Å². The Balaban J connectivity index is 2.39. The molecule has 0 saturated carbocycles. The van der Waals surface area contributed by atoms with E-state index in [-0.39, 0.29) is 17.9 Å². The predicted molar refractivity (Wildman–Crippen MR) is 47.0 cm³/mol. The van der Waals surface area contributed by atoms with Crippen molar-refractivity contribution in [3.8, 4) is 0 Å². The van der Waals surface area contributed by atoms with Gasteiger partial charge in [0, 0.05) is 20.4 Å². The number of nitrogens with zero attached hydrogens (tertiary/aromatic N) is 1. The third-order valence-electron chi connectivity index (χ3n) is 2.26. The van der Waals surface area contributed by atoms with Crippen molar-refractivity contribution in [3.05, 3.63) is 0 Å². The quantitative estimate of drug-likeness (QED) is 0.590. The highest BCUT2D eigenvalue weighted by Crippen LogP contribution is 2.17. The van der Waals surface area contributed by atoms with Crippen LogP contribution in [0.2, 0.25) is 0 Å². The number of amides is 1. The van der Waals surface area contributed by atoms with Crippen LogP contribution in [0, 0.1) is 0 Å². The molecule has 1 rings (SSSR count). The van der Waals surface area contributed by atoms with Gasteiger partial charge in [0.25, 0.3) is 0 Å². The topological polar surface area (TPSA) is 46.6 Å². The first-order valence-electron chi connectivity index (χ1n) is 4.52. The molecule has 1 atom stereocenters. The Morgan fingerprint density at radius 2 is 2.15 bits per heavy atom. The number of carbonyl (C=O) groups is 2. The molecule has 4 nitrogen and oxygen atoms in total. The van der Waals surface area contributed by atoms with Crippen LogP contribution in [-0.4, -0.2) is 36.0 Å². The van der Waals surface area contributed by atoms with Crippen LogP contribution < -0.4 is 0 Å². The van der Waals surface area contributed by atoms with Gasteiger partial charge in [0.1, 0.15) is 6.61 Å². The summed E-state index contributed by atoms with van der Waals surface area (Å²) in [6.45, 7) is 4.06. The van der Waals surface area contributed by atoms with Crippen LogP contribution in [0.4, 0.5) is 0 Å². The Hall–Kier alpha value is -1.06. The highest BCUT2D eigenvalue weighted by Gasteiger charge is 2.26. The molecular formula is C9H15NO3. The molecule has 13 heavy (non-hydrogen) atoms. The highest BCUT2D eigenvalue weighted by molar-refractivity contribution is 5.74. The van der Waals surface area contributed by atoms with Gasteiger partial charge in [-0.3, -0.25) is 9.59 Å². The first-order valence-corrected chi connectivity index (χ1v) is 4.52. The van der Waals surface area contributed by atoms with E-state index in [1.54, 1.807) is 11.8 Å². The predicted octanol–water partition coefficient (Wildman–Crippen LogP) is 0.560. The second-order valence-electron chi connectivity index (χ2n) is 3.31. The molecule has 1 fully saturated rings. The number of rotatable bonds is 2. The maximum Gasteiger partial charge on any atom is 0.302 e. The van der Waals surface area contributed by atoms with Gasteiger partial charge in [0.15, 0.2) is 0 Å². The van der Waals surface area contributed by atoms with Crippen LogP contribution in [0.1, 0.15) is 26.7 Å². The van der Waals surface area contributed by atoms with Crippen molar-refractivity contribution in [1.82, 2.24) is 4.90 Å². The molecule has 1 aliphatic rings. The Bertz CT molecular complexity index is 215. The van der Waals surface area contributed by atoms with Gasteiger partial charge >= 0.3 is 5.97 Å². The van der Waals surface area contributed by atoms with Gasteiger partial charge < -0.3 is 9.64 Å². The Morgan fingerprint density at radius 3 is 2.69 bits per heavy atom. The minimum absolute atomic E-state index is 0.0645. The second-order valence-corrected chi connectivity index (χ2v) is 3.31. The molecule has 1 heterocycles. The van der Waals surface area contributed by atoms with Crippen molar-refractivity contribution in [3.63, 3.8) is 0 Å². The van der Waals surface area contributed by atoms with Crippen molar-refractivity contribution in [2.45, 2.75) is 32.7 Å². The summed E-state index contributed by atoms with van der Waals surface area (Å²) in [7, 11) is 0. The summed E-state index contributed by atoms with van der Waals surface area (Å²) in [6.07, 6.45) is 1.94. The molecule has 0 aromatic carbocycles. The number of esters is 1. The van der Waals surface area contributed by atoms with E-state index in [1.807, 2.05) is 0 Å². The van der Waals surface area contributed by atoms with Crippen LogP contribution in [0.5, 0.6) is 0 Å². The summed E-state index contributed by atoms with van der Waals surface area (Å²) >= 11 is 0. The minimum atomic E-state index is -0.282. The van der Waals surface area contributed by atoms with Crippen LogP contribution >= 0.6 is 0 Å². The van der Waals surface area contributed by atoms with Crippen molar-refractivity contribution in [1.29, 1.82) is 0 Å². The fourth-order valence-electron chi connectivity index (χ4n) is 1.64. The Kier molecular flexibility index (Phi) is 3.28. The third kappa shape index (κ3) is 2.72. The van der Waals surface area contributed by atoms with Crippen LogP contribution in [0.25, 0.3) is 0 Å². The fraction of sp³-hybridized carbons (Fsp3) is 0.778. The molecule has 0 spiro atoms. The zero-order valence-corrected chi connectivity index (χ0v) is 8.08. The number of likely N-dealkylation sites (tertiary alicyclic amines) is 1. The lowest BCUT2D eigenvalue weighted by Crippen LogP contribution is -2.37. The van der Waals surface area contributed by atoms with E-state index >= 15 is 0 Å². The SMILES string of the molecule is CC(=O)OCC1CCCN1C(C)=O. The molecular weight excluding hydrogens is 170 g/mol. The number of carbonyl (C=O) groups excluding carboxylic acids is 2. The summed E-state index contributed by atoms with van der Waals surface area (Å²) < 4.78 is 4.87. The van der Waals surface area contributed by atoms with Gasteiger partial charge in [-0.1, -0.05) is 0 Å². The lowest BCUT2D eigenvalue weighted by molar-refractivity contribution is -0.144. The first kappa shape index (κ1) is 10.0. The van der Waals surface area contributed by atoms with E-state index in [4.69, 9.17) is 4.74 Å². The van der Waals surface area contributed by atoms with E-state index in [0.717, 1.165) is 19.4 Å². The van der Waals surface area contributed by atoms with E-state index < -0.39 is 0 Å². The van der Waals surface area contributed by atoms with Crippen molar-refractivity contribution in [2.24, 2.45) is 0 Å². The van der Waals surface area contributed by atoms with E-state index in [9.17, 15) is 9.59 Å². The summed E-state index contributed by atoms with van der Waals surface area (Å²) in [4.78, 5) is 23.4. The highest BCUT2D eigenvalue weighted by atomic mass is 16.5. The summed E-state index contributed by atoms with van der Waals surface area (Å²) in [6, 6.07) is 0.0985. The van der Waals surface area contributed by atoms with Gasteiger partial charge in [-0.2, -0.15) is 0 Å². The molecule has 1 amide bonds. The first-order chi connectivity index (χ1) is 6.11. The average Bonchev–Trinajstić information content (AvgIpc) is 2.47. The van der Waals surface area contributed by atoms with Crippen molar-refractivity contribution in [2.75, 3.05) is 13.2 Å². The van der Waals surface area contributed by atoms with Gasteiger partial charge in [0.05, 0.1) is 6.04 Å². The van der Waals surface area contributed by atoms with E-state index in [2.05, 4.69) is 0 Å². The number of hydrogen-bond donors (Lipinski definition) is 0. The largest absolute Gasteiger partial charge is 0.464 e. The fourth-order valence-corrected chi connectivity index (χ4v) is 1.64. The zero-order valence-electron chi connectivity index (χ0n) is 8.08. The molecule has 0 aromatic heterocycles. The van der Waals surface area contributed by atoms with Gasteiger partial charge in [-0.15, -0.1) is 0 Å². The summed E-state index contributed by atoms with van der Waals surface area (Å²) in [5, 5.41) is 0. The van der Waals surface area contributed by atoms with Gasteiger partial charge in [-0.05, 0) is 12.8 Å². The van der Waals surface area contributed by atoms with Crippen LogP contribution in [0.3, 0.4) is 0 Å². The monoisotopic (exact) mass is 185 g/mol. The van der Waals surface area contributed by atoms with E-state index in [0.29, 0.717) is 6.61 Å². The van der Waals surface area contributed by atoms with Crippen molar-refractivity contribution < 1.29 is 14.3 Å². The molecule has 74 valence electrons. The smallest absolute Gasteiger partial charge is 0.302 e. The lowest BCUT2D eigenvalue weighted by Gasteiger charge is -2.22. The Morgan fingerprint density at radius 1 is 1.46 bits per heavy atom. The maximum absolute atomic E-state index is 11.1. The number of ether oxygens (including phenoxy) is 1. The van der Waals surface area contributed by atoms with Gasteiger partial charge in [-0.25, -0.2) is 0 Å². The second kappa shape index (κ2) is 4.25. The van der Waals surface area contributed by atoms with Crippen LogP contribution in [0.15, 0.2) is 0 Å². The third-order valence-corrected chi connectivity index (χ3v) is 2.26. The molecule has 1 saturated heterocycles. The molecule has 0 bridgehead atoms. The maximum atomic E-state index is 11.1. The lowest BCUT2D eigenvalue weighted by atomic mass is 10.2. The molecule has 0 N–H and O–H groups in total. The average molecular weight is 185 g/mol. The van der Waals surface area contributed by atoms with Crippen LogP contribution in [-0.2, 0) is 14.3 Å². The minimum Gasteiger partial charge on any atom is -0.464 e. The molecule has 4 heteroatoms. The summed E-state index contributed by atoms with van der Waals surface area (Å²) in [5.41, 5.74) is 0. The summed E-state index contributed by atoms with van der Waals surface area (Å²) in [5.74, 6) is -0.218. The standard InChI is InChI=1S/C9H15NO3/c1-7(11)10-5-3-4-9(10)6-13-8(2)12/h9H,3-6H2,1-2H3.